The highest BCUT2D eigenvalue weighted by atomic mass is 32.1. The summed E-state index contributed by atoms with van der Waals surface area (Å²) < 4.78 is 0. The average molecular weight is 485 g/mol. The molecule has 2 heterocycles. The van der Waals surface area contributed by atoms with E-state index in [1.807, 2.05) is 88.4 Å². The zero-order chi connectivity index (χ0) is 24.2. The van der Waals surface area contributed by atoms with E-state index in [0.717, 1.165) is 11.1 Å². The minimum absolute atomic E-state index is 0.0903. The number of allylic oxidation sites excluding steroid dienone is 2. The first-order valence-corrected chi connectivity index (χ1v) is 12.5. The number of carbonyl (C=O) groups excluding carboxylic acids is 2. The van der Waals surface area contributed by atoms with E-state index in [0.29, 0.717) is 31.2 Å². The minimum Gasteiger partial charge on any atom is -0.288 e. The molecule has 0 saturated heterocycles. The van der Waals surface area contributed by atoms with Crippen LogP contribution in [0.15, 0.2) is 60.7 Å². The van der Waals surface area contributed by atoms with Crippen LogP contribution >= 0.6 is 22.7 Å². The van der Waals surface area contributed by atoms with Crippen LogP contribution in [0.3, 0.4) is 0 Å². The van der Waals surface area contributed by atoms with Gasteiger partial charge in [0.2, 0.25) is 0 Å². The third-order valence-corrected chi connectivity index (χ3v) is 7.72. The van der Waals surface area contributed by atoms with Crippen molar-refractivity contribution in [3.63, 3.8) is 0 Å². The second-order valence-electron chi connectivity index (χ2n) is 8.08. The van der Waals surface area contributed by atoms with E-state index in [1.54, 1.807) is 12.2 Å². The Labute approximate surface area is 207 Å². The molecule has 0 bridgehead atoms. The van der Waals surface area contributed by atoms with Crippen LogP contribution in [0, 0.1) is 27.7 Å². The van der Waals surface area contributed by atoms with E-state index < -0.39 is 0 Å². The molecular weight excluding hydrogens is 460 g/mol. The zero-order valence-electron chi connectivity index (χ0n) is 19.5. The molecule has 0 spiro atoms. The van der Waals surface area contributed by atoms with Gasteiger partial charge in [-0.3, -0.25) is 9.59 Å². The molecule has 4 nitrogen and oxygen atoms in total. The fraction of sp³-hybridized carbons (Fsp3) is 0.143. The van der Waals surface area contributed by atoms with E-state index in [4.69, 9.17) is 0 Å². The van der Waals surface area contributed by atoms with Gasteiger partial charge in [0.25, 0.3) is 0 Å². The van der Waals surface area contributed by atoms with Gasteiger partial charge in [-0.15, -0.1) is 22.7 Å². The van der Waals surface area contributed by atoms with Crippen molar-refractivity contribution >= 4 is 46.4 Å². The van der Waals surface area contributed by atoms with Crippen molar-refractivity contribution in [2.24, 2.45) is 0 Å². The van der Waals surface area contributed by atoms with Gasteiger partial charge in [-0.1, -0.05) is 71.8 Å². The van der Waals surface area contributed by atoms with Crippen molar-refractivity contribution in [1.29, 1.82) is 0 Å². The largest absolute Gasteiger partial charge is 0.288 e. The molecule has 0 fully saturated rings. The van der Waals surface area contributed by atoms with Crippen molar-refractivity contribution < 1.29 is 9.59 Å². The third kappa shape index (κ3) is 5.53. The molecule has 0 N–H and O–H groups in total. The van der Waals surface area contributed by atoms with Crippen LogP contribution in [0.5, 0.6) is 0 Å². The van der Waals surface area contributed by atoms with E-state index in [-0.39, 0.29) is 11.6 Å². The number of hydrogen-bond donors (Lipinski definition) is 0. The Morgan fingerprint density at radius 3 is 1.32 bits per heavy atom. The fourth-order valence-electron chi connectivity index (χ4n) is 3.28. The van der Waals surface area contributed by atoms with E-state index in [9.17, 15) is 9.59 Å². The van der Waals surface area contributed by atoms with Crippen LogP contribution < -0.4 is 0 Å². The quantitative estimate of drug-likeness (QED) is 0.204. The van der Waals surface area contributed by atoms with Crippen LogP contribution in [-0.4, -0.2) is 21.5 Å². The normalized spacial score (nSPS) is 11.5. The minimum atomic E-state index is -0.0903. The molecule has 0 amide bonds. The van der Waals surface area contributed by atoms with E-state index in [1.165, 1.54) is 33.8 Å². The molecule has 2 aromatic carbocycles. The molecule has 4 aromatic rings. The van der Waals surface area contributed by atoms with Crippen molar-refractivity contribution in [1.82, 2.24) is 9.97 Å². The Morgan fingerprint density at radius 1 is 0.618 bits per heavy atom. The van der Waals surface area contributed by atoms with Gasteiger partial charge >= 0.3 is 0 Å². The molecule has 0 aliphatic rings. The highest BCUT2D eigenvalue weighted by Crippen LogP contribution is 2.33. The lowest BCUT2D eigenvalue weighted by Crippen LogP contribution is -1.93. The Balaban J connectivity index is 1.52. The molecule has 6 heteroatoms. The van der Waals surface area contributed by atoms with Gasteiger partial charge < -0.3 is 0 Å². The summed E-state index contributed by atoms with van der Waals surface area (Å²) in [6, 6.07) is 16.0. The first kappa shape index (κ1) is 23.7. The monoisotopic (exact) mass is 484 g/mol. The number of rotatable bonds is 7. The maximum Gasteiger partial charge on any atom is 0.197 e. The second-order valence-corrected chi connectivity index (χ2v) is 10.1. The summed E-state index contributed by atoms with van der Waals surface area (Å²) in [6.07, 6.45) is 6.77. The second kappa shape index (κ2) is 10.2. The SMILES string of the molecule is Cc1ccc(/C=C/C(=O)c2sc(-c3nc(C)c(C(=O)/C=C/c4ccc(C)cc4)s3)nc2C)cc1. The van der Waals surface area contributed by atoms with E-state index in [2.05, 4.69) is 9.97 Å². The van der Waals surface area contributed by atoms with Crippen LogP contribution in [0.4, 0.5) is 0 Å². The summed E-state index contributed by atoms with van der Waals surface area (Å²) in [4.78, 5) is 35.8. The Bertz CT molecular complexity index is 1300. The average Bonchev–Trinajstić information content (AvgIpc) is 3.40. The van der Waals surface area contributed by atoms with Crippen molar-refractivity contribution in [2.45, 2.75) is 27.7 Å². The lowest BCUT2D eigenvalue weighted by molar-refractivity contribution is 0.104. The lowest BCUT2D eigenvalue weighted by Gasteiger charge is -1.95. The van der Waals surface area contributed by atoms with Crippen LogP contribution in [0.25, 0.3) is 22.2 Å². The number of ketones is 2. The molecule has 4 rings (SSSR count). The molecule has 0 aliphatic carbocycles. The molecule has 2 aromatic heterocycles. The summed E-state index contributed by atoms with van der Waals surface area (Å²) in [5.74, 6) is -0.181. The predicted molar refractivity (Wildman–Crippen MR) is 142 cm³/mol. The maximum atomic E-state index is 12.8. The number of thiazole rings is 2. The summed E-state index contributed by atoms with van der Waals surface area (Å²) in [5.41, 5.74) is 5.62. The molecule has 170 valence electrons. The molecular formula is C28H24N2O2S2. The van der Waals surface area contributed by atoms with Crippen LogP contribution in [0.1, 0.15) is 53.0 Å². The number of aryl methyl sites for hydroxylation is 4. The summed E-state index contributed by atoms with van der Waals surface area (Å²) in [7, 11) is 0. The maximum absolute atomic E-state index is 12.8. The number of hydrogen-bond acceptors (Lipinski definition) is 6. The fourth-order valence-corrected chi connectivity index (χ4v) is 5.28. The van der Waals surface area contributed by atoms with Gasteiger partial charge in [0.05, 0.1) is 21.1 Å². The van der Waals surface area contributed by atoms with Crippen molar-refractivity contribution in [3.05, 3.63) is 104 Å². The van der Waals surface area contributed by atoms with Gasteiger partial charge in [0.1, 0.15) is 0 Å². The van der Waals surface area contributed by atoms with Gasteiger partial charge in [0, 0.05) is 0 Å². The van der Waals surface area contributed by atoms with Gasteiger partial charge in [-0.2, -0.15) is 0 Å². The number of carbonyl (C=O) groups is 2. The molecule has 0 saturated carbocycles. The standard InChI is InChI=1S/C28H24N2O2S2/c1-17-5-9-21(10-6-17)13-15-23(31)25-19(3)29-27(33-25)28-30-20(4)26(34-28)24(32)16-14-22-11-7-18(2)8-12-22/h5-16H,1-4H3/b15-13+,16-14+. The Morgan fingerprint density at radius 2 is 0.971 bits per heavy atom. The third-order valence-electron chi connectivity index (χ3n) is 5.23. The Hall–Kier alpha value is -3.48. The first-order valence-electron chi connectivity index (χ1n) is 10.8. The van der Waals surface area contributed by atoms with E-state index >= 15 is 0 Å². The highest BCUT2D eigenvalue weighted by Gasteiger charge is 2.20. The summed E-state index contributed by atoms with van der Waals surface area (Å²) in [6.45, 7) is 7.70. The lowest BCUT2D eigenvalue weighted by atomic mass is 10.1. The molecule has 0 atom stereocenters. The van der Waals surface area contributed by atoms with Crippen LogP contribution in [0.2, 0.25) is 0 Å². The van der Waals surface area contributed by atoms with Gasteiger partial charge in [-0.25, -0.2) is 9.97 Å². The summed E-state index contributed by atoms with van der Waals surface area (Å²) >= 11 is 2.62. The highest BCUT2D eigenvalue weighted by molar-refractivity contribution is 7.23. The van der Waals surface area contributed by atoms with Gasteiger partial charge in [-0.05, 0) is 51.0 Å². The smallest absolute Gasteiger partial charge is 0.197 e. The summed E-state index contributed by atoms with van der Waals surface area (Å²) in [5, 5.41) is 1.30. The molecule has 0 unspecified atom stereocenters. The molecule has 34 heavy (non-hydrogen) atoms. The number of benzene rings is 2. The Kier molecular flexibility index (Phi) is 7.10. The zero-order valence-corrected chi connectivity index (χ0v) is 21.1. The first-order chi connectivity index (χ1) is 16.3. The molecule has 0 aliphatic heterocycles. The molecule has 0 radical (unpaired) electrons. The van der Waals surface area contributed by atoms with Gasteiger partial charge in [0.15, 0.2) is 21.6 Å². The topological polar surface area (TPSA) is 59.9 Å². The number of aromatic nitrogens is 2. The van der Waals surface area contributed by atoms with Crippen molar-refractivity contribution in [2.75, 3.05) is 0 Å². The number of nitrogens with zero attached hydrogens (tertiary/aromatic N) is 2. The predicted octanol–water partition coefficient (Wildman–Crippen LogP) is 7.29. The van der Waals surface area contributed by atoms with Crippen molar-refractivity contribution in [3.8, 4) is 10.0 Å². The van der Waals surface area contributed by atoms with Crippen LogP contribution in [-0.2, 0) is 0 Å².